The van der Waals surface area contributed by atoms with Crippen molar-refractivity contribution in [2.45, 2.75) is 271 Å². The molecule has 0 rings (SSSR count). The van der Waals surface area contributed by atoms with E-state index in [1.807, 2.05) is 0 Å². The monoisotopic (exact) mass is 617 g/mol. The Morgan fingerprint density at radius 3 is 0.477 bits per heavy atom. The maximum atomic E-state index is 2.45. The minimum absolute atomic E-state index is 1.31. The van der Waals surface area contributed by atoms with Crippen LogP contribution in [-0.2, 0) is 0 Å². The molecule has 0 N–H and O–H groups in total. The fourth-order valence-electron chi connectivity index (χ4n) is 6.92. The van der Waals surface area contributed by atoms with Crippen LogP contribution in [0.1, 0.15) is 271 Å². The Bertz CT molecular complexity index is 490. The highest BCUT2D eigenvalue weighted by Crippen LogP contribution is 2.17. The molecule has 0 bridgehead atoms. The lowest BCUT2D eigenvalue weighted by atomic mass is 10.0. The summed E-state index contributed by atoms with van der Waals surface area (Å²) in [7, 11) is 0. The number of rotatable bonds is 40. The molecule has 0 aliphatic heterocycles. The van der Waals surface area contributed by atoms with Crippen molar-refractivity contribution >= 4 is 0 Å². The second-order valence-electron chi connectivity index (χ2n) is 14.8. The molecule has 0 fully saturated rings. The van der Waals surface area contributed by atoms with Gasteiger partial charge in [-0.15, -0.1) is 0 Å². The predicted octanol–water partition coefficient (Wildman–Crippen LogP) is 17.2. The van der Waals surface area contributed by atoms with Gasteiger partial charge in [-0.05, 0) is 25.7 Å². The Balaban J connectivity index is 3.06. The summed E-state index contributed by atoms with van der Waals surface area (Å²) in [5.74, 6) is 0. The van der Waals surface area contributed by atoms with Crippen LogP contribution in [0.5, 0.6) is 0 Å². The highest BCUT2D eigenvalue weighted by Gasteiger charge is 1.97. The van der Waals surface area contributed by atoms with Gasteiger partial charge in [0.15, 0.2) is 0 Å². The fourth-order valence-corrected chi connectivity index (χ4v) is 6.92. The van der Waals surface area contributed by atoms with Crippen LogP contribution in [0.2, 0.25) is 0 Å². The van der Waals surface area contributed by atoms with Gasteiger partial charge in [-0.3, -0.25) is 0 Å². The fraction of sp³-hybridized carbons (Fsp3) is 0.955. The smallest absolute Gasteiger partial charge is 0.0351 e. The van der Waals surface area contributed by atoms with E-state index in [1.165, 1.54) is 257 Å². The number of unbranched alkanes of at least 4 members (excludes halogenated alkanes) is 38. The zero-order valence-corrected chi connectivity index (χ0v) is 31.4. The highest BCUT2D eigenvalue weighted by atomic mass is 14.0. The molecule has 0 unspecified atom stereocenters. The molecule has 0 saturated carbocycles. The van der Waals surface area contributed by atoms with E-state index in [9.17, 15) is 0 Å². The summed E-state index contributed by atoms with van der Waals surface area (Å²) in [5.41, 5.74) is 0. The van der Waals surface area contributed by atoms with Gasteiger partial charge in [0, 0.05) is 0 Å². The van der Waals surface area contributed by atoms with Gasteiger partial charge in [0.1, 0.15) is 0 Å². The summed E-state index contributed by atoms with van der Waals surface area (Å²) >= 11 is 0. The van der Waals surface area contributed by atoms with E-state index in [0.717, 1.165) is 0 Å². The minimum Gasteiger partial charge on any atom is -0.0885 e. The molecular weight excluding hydrogens is 528 g/mol. The Hall–Kier alpha value is -0.260. The summed E-state index contributed by atoms with van der Waals surface area (Å²) in [6.45, 7) is 4.61. The molecule has 0 heteroatoms. The van der Waals surface area contributed by atoms with Crippen LogP contribution in [0.4, 0.5) is 0 Å². The van der Waals surface area contributed by atoms with Crippen LogP contribution < -0.4 is 0 Å². The van der Waals surface area contributed by atoms with Gasteiger partial charge in [-0.1, -0.05) is 257 Å². The third-order valence-corrected chi connectivity index (χ3v) is 10.1. The van der Waals surface area contributed by atoms with E-state index in [2.05, 4.69) is 26.0 Å². The van der Waals surface area contributed by atoms with Crippen LogP contribution >= 0.6 is 0 Å². The molecule has 0 radical (unpaired) electrons. The van der Waals surface area contributed by atoms with Crippen LogP contribution in [0.3, 0.4) is 0 Å². The molecule has 0 spiro atoms. The Morgan fingerprint density at radius 1 is 0.182 bits per heavy atom. The Labute approximate surface area is 282 Å². The first-order valence-electron chi connectivity index (χ1n) is 21.6. The number of allylic oxidation sites excluding steroid dienone is 2. The van der Waals surface area contributed by atoms with E-state index >= 15 is 0 Å². The maximum absolute atomic E-state index is 2.45. The lowest BCUT2D eigenvalue weighted by molar-refractivity contribution is 0.512. The lowest BCUT2D eigenvalue weighted by Crippen LogP contribution is -1.85. The lowest BCUT2D eigenvalue weighted by Gasteiger charge is -2.05. The van der Waals surface area contributed by atoms with E-state index < -0.39 is 0 Å². The van der Waals surface area contributed by atoms with Gasteiger partial charge in [0.05, 0.1) is 0 Å². The van der Waals surface area contributed by atoms with Gasteiger partial charge >= 0.3 is 0 Å². The minimum atomic E-state index is 1.31. The van der Waals surface area contributed by atoms with Crippen molar-refractivity contribution < 1.29 is 0 Å². The Kier molecular flexibility index (Phi) is 42.5. The van der Waals surface area contributed by atoms with Crippen LogP contribution in [-0.4, -0.2) is 0 Å². The van der Waals surface area contributed by atoms with Gasteiger partial charge < -0.3 is 0 Å². The standard InChI is InChI=1S/C44H88/c1-3-5-7-9-11-13-15-17-19-21-23-25-27-29-31-33-35-37-39-41-43-44-42-40-38-36-34-32-30-28-26-24-22-20-18-16-14-12-10-8-6-4-2/h17,19H,3-16,18,20-44H2,1-2H3. The molecule has 0 atom stereocenters. The quantitative estimate of drug-likeness (QED) is 0.0474. The molecule has 0 aromatic heterocycles. The number of hydrogen-bond donors (Lipinski definition) is 0. The van der Waals surface area contributed by atoms with Crippen LogP contribution in [0.25, 0.3) is 0 Å². The van der Waals surface area contributed by atoms with Crippen molar-refractivity contribution in [2.75, 3.05) is 0 Å². The maximum Gasteiger partial charge on any atom is -0.0351 e. The molecule has 0 saturated heterocycles. The van der Waals surface area contributed by atoms with Crippen molar-refractivity contribution in [1.29, 1.82) is 0 Å². The first-order chi connectivity index (χ1) is 21.9. The second-order valence-corrected chi connectivity index (χ2v) is 14.8. The van der Waals surface area contributed by atoms with Gasteiger partial charge in [0.25, 0.3) is 0 Å². The van der Waals surface area contributed by atoms with Gasteiger partial charge in [-0.25, -0.2) is 0 Å². The van der Waals surface area contributed by atoms with Crippen molar-refractivity contribution in [1.82, 2.24) is 0 Å². The second kappa shape index (κ2) is 42.7. The molecular formula is C44H88. The van der Waals surface area contributed by atoms with E-state index in [1.54, 1.807) is 0 Å². The molecule has 44 heavy (non-hydrogen) atoms. The molecule has 0 aromatic carbocycles. The molecule has 0 aliphatic rings. The molecule has 0 aromatic rings. The third kappa shape index (κ3) is 41.7. The van der Waals surface area contributed by atoms with Crippen molar-refractivity contribution in [3.8, 4) is 0 Å². The predicted molar refractivity (Wildman–Crippen MR) is 205 cm³/mol. The summed E-state index contributed by atoms with van der Waals surface area (Å²) in [4.78, 5) is 0. The summed E-state index contributed by atoms with van der Waals surface area (Å²) in [5, 5.41) is 0. The van der Waals surface area contributed by atoms with Crippen molar-refractivity contribution in [3.63, 3.8) is 0 Å². The van der Waals surface area contributed by atoms with Crippen molar-refractivity contribution in [2.24, 2.45) is 0 Å². The first kappa shape index (κ1) is 43.7. The van der Waals surface area contributed by atoms with Gasteiger partial charge in [-0.2, -0.15) is 0 Å². The summed E-state index contributed by atoms with van der Waals surface area (Å²) in [6.07, 6.45) is 63.4. The van der Waals surface area contributed by atoms with E-state index in [-0.39, 0.29) is 0 Å². The zero-order valence-electron chi connectivity index (χ0n) is 31.4. The summed E-state index contributed by atoms with van der Waals surface area (Å²) < 4.78 is 0. The molecule has 0 aliphatic carbocycles. The molecule has 0 nitrogen and oxygen atoms in total. The third-order valence-electron chi connectivity index (χ3n) is 10.1. The van der Waals surface area contributed by atoms with E-state index in [4.69, 9.17) is 0 Å². The molecule has 0 heterocycles. The number of hydrogen-bond acceptors (Lipinski definition) is 0. The largest absolute Gasteiger partial charge is 0.0885 e. The van der Waals surface area contributed by atoms with Gasteiger partial charge in [0.2, 0.25) is 0 Å². The van der Waals surface area contributed by atoms with Crippen molar-refractivity contribution in [3.05, 3.63) is 12.2 Å². The average molecular weight is 617 g/mol. The average Bonchev–Trinajstić information content (AvgIpc) is 3.04. The topological polar surface area (TPSA) is 0 Å². The summed E-state index contributed by atoms with van der Waals surface area (Å²) in [6, 6.07) is 0. The SMILES string of the molecule is CCCCCCCCC=CCCCCCCCCCCCCCCCCCCCCCCCCCCCCCCCCCC. The van der Waals surface area contributed by atoms with Crippen LogP contribution in [0, 0.1) is 0 Å². The molecule has 0 amide bonds. The van der Waals surface area contributed by atoms with Crippen LogP contribution in [0.15, 0.2) is 12.2 Å². The normalized spacial score (nSPS) is 11.8. The zero-order chi connectivity index (χ0) is 31.7. The van der Waals surface area contributed by atoms with E-state index in [0.29, 0.717) is 0 Å². The first-order valence-corrected chi connectivity index (χ1v) is 21.6. The molecule has 264 valence electrons. The Morgan fingerprint density at radius 2 is 0.318 bits per heavy atom. The highest BCUT2D eigenvalue weighted by molar-refractivity contribution is 4.81.